The Kier molecular flexibility index (Phi) is 5.01. The topological polar surface area (TPSA) is 53.1 Å². The zero-order valence-electron chi connectivity index (χ0n) is 17.0. The fourth-order valence-corrected chi connectivity index (χ4v) is 3.96. The van der Waals surface area contributed by atoms with E-state index < -0.39 is 0 Å². The molecular weight excluding hydrogens is 366 g/mol. The Morgan fingerprint density at radius 3 is 2.10 bits per heavy atom. The Hall–Kier alpha value is -3.28. The highest BCUT2D eigenvalue weighted by atomic mass is 16.5. The van der Waals surface area contributed by atoms with Gasteiger partial charge in [0.15, 0.2) is 0 Å². The molecule has 0 bridgehead atoms. The number of carbonyl (C=O) groups excluding carboxylic acids is 2. The summed E-state index contributed by atoms with van der Waals surface area (Å²) in [5.41, 5.74) is 3.98. The first kappa shape index (κ1) is 19.1. The molecule has 0 radical (unpaired) electrons. The van der Waals surface area contributed by atoms with Crippen LogP contribution in [0.5, 0.6) is 5.75 Å². The molecule has 0 saturated carbocycles. The average molecular weight is 391 g/mol. The molecule has 6 nitrogen and oxygen atoms in total. The van der Waals surface area contributed by atoms with Crippen molar-refractivity contribution in [3.63, 3.8) is 0 Å². The van der Waals surface area contributed by atoms with Gasteiger partial charge < -0.3 is 14.5 Å². The van der Waals surface area contributed by atoms with Crippen LogP contribution >= 0.6 is 0 Å². The first-order valence-electron chi connectivity index (χ1n) is 9.78. The molecule has 2 amide bonds. The first-order valence-corrected chi connectivity index (χ1v) is 9.78. The van der Waals surface area contributed by atoms with E-state index in [9.17, 15) is 9.59 Å². The molecule has 1 fully saturated rings. The normalized spacial score (nSPS) is 17.4. The number of anilines is 1. The van der Waals surface area contributed by atoms with E-state index in [0.29, 0.717) is 24.4 Å². The van der Waals surface area contributed by atoms with Gasteiger partial charge in [-0.15, -0.1) is 0 Å². The van der Waals surface area contributed by atoms with Gasteiger partial charge in [-0.2, -0.15) is 0 Å². The number of amides is 2. The van der Waals surface area contributed by atoms with Crippen molar-refractivity contribution >= 4 is 23.1 Å². The lowest BCUT2D eigenvalue weighted by atomic mass is 10.0. The van der Waals surface area contributed by atoms with Crippen molar-refractivity contribution in [3.05, 3.63) is 65.4 Å². The zero-order chi connectivity index (χ0) is 20.5. The zero-order valence-corrected chi connectivity index (χ0v) is 17.0. The number of imide groups is 1. The van der Waals surface area contributed by atoms with Crippen molar-refractivity contribution in [3.8, 4) is 5.75 Å². The van der Waals surface area contributed by atoms with Crippen molar-refractivity contribution in [2.75, 3.05) is 45.2 Å². The molecule has 1 saturated heterocycles. The molecule has 29 heavy (non-hydrogen) atoms. The summed E-state index contributed by atoms with van der Waals surface area (Å²) in [7, 11) is 3.23. The highest BCUT2D eigenvalue weighted by Crippen LogP contribution is 2.33. The number of aryl methyl sites for hydroxylation is 1. The third-order valence-corrected chi connectivity index (χ3v) is 5.62. The summed E-state index contributed by atoms with van der Waals surface area (Å²) in [6, 6.07) is 15.7. The van der Waals surface area contributed by atoms with Crippen LogP contribution in [0.1, 0.15) is 11.1 Å². The molecule has 0 N–H and O–H groups in total. The van der Waals surface area contributed by atoms with E-state index in [2.05, 4.69) is 4.90 Å². The largest absolute Gasteiger partial charge is 0.495 e. The third-order valence-electron chi connectivity index (χ3n) is 5.62. The highest BCUT2D eigenvalue weighted by Gasteiger charge is 2.40. The molecule has 2 heterocycles. The molecule has 2 aliphatic rings. The number of likely N-dealkylation sites (N-methyl/N-ethyl adjacent to an activating group) is 1. The number of para-hydroxylation sites is 2. The fraction of sp³-hybridized carbons (Fsp3) is 0.304. The van der Waals surface area contributed by atoms with Crippen LogP contribution in [0.25, 0.3) is 5.57 Å². The van der Waals surface area contributed by atoms with E-state index >= 15 is 0 Å². The maximum absolute atomic E-state index is 12.9. The predicted molar refractivity (Wildman–Crippen MR) is 113 cm³/mol. The number of carbonyl (C=O) groups is 2. The van der Waals surface area contributed by atoms with Crippen molar-refractivity contribution in [2.45, 2.75) is 6.92 Å². The van der Waals surface area contributed by atoms with Crippen LogP contribution in [-0.4, -0.2) is 62.0 Å². The summed E-state index contributed by atoms with van der Waals surface area (Å²) < 4.78 is 5.48. The van der Waals surface area contributed by atoms with Gasteiger partial charge in [0, 0.05) is 33.2 Å². The molecule has 0 aromatic heterocycles. The number of benzene rings is 2. The van der Waals surface area contributed by atoms with Crippen LogP contribution in [0.4, 0.5) is 5.69 Å². The second kappa shape index (κ2) is 7.62. The Morgan fingerprint density at radius 1 is 0.828 bits per heavy atom. The first-order chi connectivity index (χ1) is 14.0. The molecule has 0 unspecified atom stereocenters. The molecule has 0 aliphatic carbocycles. The van der Waals surface area contributed by atoms with Crippen LogP contribution in [0.3, 0.4) is 0 Å². The van der Waals surface area contributed by atoms with E-state index in [0.717, 1.165) is 35.7 Å². The molecule has 2 aliphatic heterocycles. The second-order valence-corrected chi connectivity index (χ2v) is 7.40. The molecule has 2 aromatic carbocycles. The van der Waals surface area contributed by atoms with Gasteiger partial charge >= 0.3 is 0 Å². The number of hydrogen-bond donors (Lipinski definition) is 0. The number of nitrogens with zero attached hydrogens (tertiary/aromatic N) is 3. The summed E-state index contributed by atoms with van der Waals surface area (Å²) in [6.45, 7) is 4.82. The van der Waals surface area contributed by atoms with Crippen LogP contribution < -0.4 is 9.64 Å². The molecule has 0 atom stereocenters. The lowest BCUT2D eigenvalue weighted by Crippen LogP contribution is -2.47. The van der Waals surface area contributed by atoms with Gasteiger partial charge in [0.1, 0.15) is 11.4 Å². The number of methoxy groups -OCH3 is 1. The van der Waals surface area contributed by atoms with Gasteiger partial charge in [0.05, 0.1) is 18.4 Å². The minimum Gasteiger partial charge on any atom is -0.495 e. The monoisotopic (exact) mass is 391 g/mol. The lowest BCUT2D eigenvalue weighted by Gasteiger charge is -2.38. The second-order valence-electron chi connectivity index (χ2n) is 7.40. The van der Waals surface area contributed by atoms with Crippen LogP contribution in [0.15, 0.2) is 54.2 Å². The standard InChI is InChI=1S/C23H25N3O3/c1-16-8-10-17(11-9-16)20-21(23(28)24(2)22(20)27)26-14-12-25(13-15-26)18-6-4-5-7-19(18)29-3/h4-11H,12-15H2,1-3H3. The number of rotatable bonds is 4. The van der Waals surface area contributed by atoms with Crippen LogP contribution in [-0.2, 0) is 9.59 Å². The van der Waals surface area contributed by atoms with E-state index in [-0.39, 0.29) is 11.8 Å². The van der Waals surface area contributed by atoms with E-state index in [1.165, 1.54) is 4.90 Å². The van der Waals surface area contributed by atoms with Gasteiger partial charge in [0.2, 0.25) is 0 Å². The maximum atomic E-state index is 12.9. The molecule has 150 valence electrons. The van der Waals surface area contributed by atoms with Gasteiger partial charge in [0.25, 0.3) is 11.8 Å². The Balaban J connectivity index is 1.62. The Bertz CT molecular complexity index is 973. The maximum Gasteiger partial charge on any atom is 0.277 e. The third kappa shape index (κ3) is 3.35. The minimum atomic E-state index is -0.235. The van der Waals surface area contributed by atoms with Crippen molar-refractivity contribution in [2.24, 2.45) is 0 Å². The summed E-state index contributed by atoms with van der Waals surface area (Å²) in [5, 5.41) is 0. The summed E-state index contributed by atoms with van der Waals surface area (Å²) in [5.74, 6) is 0.379. The quantitative estimate of drug-likeness (QED) is 0.750. The van der Waals surface area contributed by atoms with Gasteiger partial charge in [-0.1, -0.05) is 42.0 Å². The lowest BCUT2D eigenvalue weighted by molar-refractivity contribution is -0.135. The molecule has 2 aromatic rings. The Labute approximate surface area is 171 Å². The van der Waals surface area contributed by atoms with Crippen molar-refractivity contribution in [1.29, 1.82) is 0 Å². The smallest absolute Gasteiger partial charge is 0.277 e. The van der Waals surface area contributed by atoms with E-state index in [1.54, 1.807) is 14.2 Å². The average Bonchev–Trinajstić information content (AvgIpc) is 2.98. The number of ether oxygens (including phenoxy) is 1. The van der Waals surface area contributed by atoms with Crippen molar-refractivity contribution in [1.82, 2.24) is 9.80 Å². The van der Waals surface area contributed by atoms with Crippen molar-refractivity contribution < 1.29 is 14.3 Å². The molecule has 6 heteroatoms. The number of hydrogen-bond acceptors (Lipinski definition) is 5. The van der Waals surface area contributed by atoms with Gasteiger partial charge in [-0.25, -0.2) is 0 Å². The molecule has 4 rings (SSSR count). The fourth-order valence-electron chi connectivity index (χ4n) is 3.96. The Morgan fingerprint density at radius 2 is 1.45 bits per heavy atom. The molecule has 0 spiro atoms. The van der Waals surface area contributed by atoms with Gasteiger partial charge in [-0.05, 0) is 24.6 Å². The summed E-state index contributed by atoms with van der Waals surface area (Å²) in [6.07, 6.45) is 0. The predicted octanol–water partition coefficient (Wildman–Crippen LogP) is 2.54. The van der Waals surface area contributed by atoms with Gasteiger partial charge in [-0.3, -0.25) is 14.5 Å². The van der Waals surface area contributed by atoms with Crippen LogP contribution in [0.2, 0.25) is 0 Å². The summed E-state index contributed by atoms with van der Waals surface area (Å²) in [4.78, 5) is 31.2. The molecular formula is C23H25N3O3. The SMILES string of the molecule is COc1ccccc1N1CCN(C2=C(c3ccc(C)cc3)C(=O)N(C)C2=O)CC1. The van der Waals surface area contributed by atoms with E-state index in [4.69, 9.17) is 4.74 Å². The van der Waals surface area contributed by atoms with E-state index in [1.807, 2.05) is 60.4 Å². The summed E-state index contributed by atoms with van der Waals surface area (Å²) >= 11 is 0. The highest BCUT2D eigenvalue weighted by molar-refractivity contribution is 6.35. The van der Waals surface area contributed by atoms with Crippen LogP contribution in [0, 0.1) is 6.92 Å². The minimum absolute atomic E-state index is 0.226. The number of piperazine rings is 1.